The van der Waals surface area contributed by atoms with Crippen LogP contribution in [-0.2, 0) is 19.0 Å². The van der Waals surface area contributed by atoms with E-state index in [0.717, 1.165) is 18.9 Å². The van der Waals surface area contributed by atoms with Crippen LogP contribution in [0.15, 0.2) is 12.7 Å². The summed E-state index contributed by atoms with van der Waals surface area (Å²) in [4.78, 5) is 10.8. The fourth-order valence-corrected chi connectivity index (χ4v) is 0.942. The van der Waals surface area contributed by atoms with Gasteiger partial charge in [0.05, 0.1) is 0 Å². The van der Waals surface area contributed by atoms with Gasteiger partial charge in [0.1, 0.15) is 0 Å². The first-order chi connectivity index (χ1) is 7.10. The molecule has 0 radical (unpaired) electrons. The molecule has 2 atom stereocenters. The molecule has 0 bridgehead atoms. The summed E-state index contributed by atoms with van der Waals surface area (Å²) in [5, 5.41) is 0. The number of rotatable bonds is 8. The highest BCUT2D eigenvalue weighted by molar-refractivity contribution is 5.81. The average Bonchev–Trinajstić information content (AvgIpc) is 2.17. The fourth-order valence-electron chi connectivity index (χ4n) is 0.942. The minimum absolute atomic E-state index is 0.371. The van der Waals surface area contributed by atoms with Crippen LogP contribution in [-0.4, -0.2) is 25.2 Å². The summed E-state index contributed by atoms with van der Waals surface area (Å²) < 4.78 is 15.4. The van der Waals surface area contributed by atoms with Gasteiger partial charge in [0, 0.05) is 12.7 Å². The first-order valence-corrected chi connectivity index (χ1v) is 5.20. The Morgan fingerprint density at radius 1 is 1.40 bits per heavy atom. The molecule has 0 fully saturated rings. The van der Waals surface area contributed by atoms with E-state index in [2.05, 4.69) is 13.5 Å². The van der Waals surface area contributed by atoms with E-state index in [4.69, 9.17) is 14.2 Å². The van der Waals surface area contributed by atoms with E-state index in [1.807, 2.05) is 0 Å². The molecule has 0 saturated heterocycles. The van der Waals surface area contributed by atoms with E-state index in [9.17, 15) is 4.79 Å². The van der Waals surface area contributed by atoms with Crippen molar-refractivity contribution in [1.82, 2.24) is 0 Å². The van der Waals surface area contributed by atoms with Crippen LogP contribution in [0.25, 0.3) is 0 Å². The van der Waals surface area contributed by atoms with Crippen LogP contribution in [0.1, 0.15) is 33.6 Å². The Kier molecular flexibility index (Phi) is 7.95. The summed E-state index contributed by atoms with van der Waals surface area (Å²) in [5.74, 6) is -0.497. The molecule has 0 aromatic carbocycles. The maximum atomic E-state index is 10.8. The summed E-state index contributed by atoms with van der Waals surface area (Å²) in [6, 6.07) is 0. The van der Waals surface area contributed by atoms with Gasteiger partial charge in [-0.2, -0.15) is 0 Å². The lowest BCUT2D eigenvalue weighted by Gasteiger charge is -2.18. The molecule has 0 aliphatic carbocycles. The Bertz CT molecular complexity index is 191. The molecule has 4 nitrogen and oxygen atoms in total. The highest BCUT2D eigenvalue weighted by atomic mass is 16.8. The smallest absolute Gasteiger partial charge is 0.332 e. The molecule has 0 aliphatic rings. The Hall–Kier alpha value is -0.870. The lowest BCUT2D eigenvalue weighted by Crippen LogP contribution is -2.24. The van der Waals surface area contributed by atoms with Crippen molar-refractivity contribution in [2.24, 2.45) is 0 Å². The summed E-state index contributed by atoms with van der Waals surface area (Å²) in [7, 11) is 0. The average molecular weight is 216 g/mol. The molecule has 0 aromatic heterocycles. The standard InChI is InChI=1S/C11H20O4/c1-5-7-8-13-9(3)14-10(4)15-11(12)6-2/h6,9-10H,2,5,7-8H2,1,3-4H3. The Morgan fingerprint density at radius 3 is 2.60 bits per heavy atom. The zero-order valence-electron chi connectivity index (χ0n) is 9.69. The fraction of sp³-hybridized carbons (Fsp3) is 0.727. The van der Waals surface area contributed by atoms with Crippen LogP contribution in [0.4, 0.5) is 0 Å². The van der Waals surface area contributed by atoms with E-state index in [0.29, 0.717) is 6.61 Å². The van der Waals surface area contributed by atoms with Crippen LogP contribution in [0, 0.1) is 0 Å². The van der Waals surface area contributed by atoms with Gasteiger partial charge in [-0.15, -0.1) is 0 Å². The summed E-state index contributed by atoms with van der Waals surface area (Å²) in [5.41, 5.74) is 0. The van der Waals surface area contributed by atoms with E-state index in [1.54, 1.807) is 13.8 Å². The maximum absolute atomic E-state index is 10.8. The third kappa shape index (κ3) is 8.15. The minimum atomic E-state index is -0.618. The molecular weight excluding hydrogens is 196 g/mol. The van der Waals surface area contributed by atoms with Gasteiger partial charge in [-0.05, 0) is 20.3 Å². The number of carbonyl (C=O) groups excluding carboxylic acids is 1. The molecule has 88 valence electrons. The lowest BCUT2D eigenvalue weighted by atomic mass is 10.4. The van der Waals surface area contributed by atoms with Gasteiger partial charge >= 0.3 is 5.97 Å². The minimum Gasteiger partial charge on any atom is -0.433 e. The third-order valence-corrected chi connectivity index (χ3v) is 1.68. The normalized spacial score (nSPS) is 14.3. The topological polar surface area (TPSA) is 44.8 Å². The largest absolute Gasteiger partial charge is 0.433 e. The number of esters is 1. The molecule has 0 saturated carbocycles. The Labute approximate surface area is 91.2 Å². The molecule has 15 heavy (non-hydrogen) atoms. The molecule has 0 spiro atoms. The highest BCUT2D eigenvalue weighted by Crippen LogP contribution is 2.03. The van der Waals surface area contributed by atoms with Gasteiger partial charge in [-0.1, -0.05) is 19.9 Å². The van der Waals surface area contributed by atoms with Crippen LogP contribution < -0.4 is 0 Å². The second kappa shape index (κ2) is 8.44. The van der Waals surface area contributed by atoms with E-state index < -0.39 is 12.3 Å². The van der Waals surface area contributed by atoms with E-state index >= 15 is 0 Å². The highest BCUT2D eigenvalue weighted by Gasteiger charge is 2.11. The molecule has 0 N–H and O–H groups in total. The van der Waals surface area contributed by atoms with Crippen molar-refractivity contribution in [2.75, 3.05) is 6.61 Å². The van der Waals surface area contributed by atoms with Crippen molar-refractivity contribution in [1.29, 1.82) is 0 Å². The SMILES string of the molecule is C=CC(=O)OC(C)OC(C)OCCCC. The van der Waals surface area contributed by atoms with Crippen molar-refractivity contribution in [3.63, 3.8) is 0 Å². The number of hydrogen-bond donors (Lipinski definition) is 0. The zero-order valence-corrected chi connectivity index (χ0v) is 9.69. The number of unbranched alkanes of at least 4 members (excludes halogenated alkanes) is 1. The molecule has 0 amide bonds. The van der Waals surface area contributed by atoms with Gasteiger partial charge < -0.3 is 14.2 Å². The molecule has 0 aliphatic heterocycles. The van der Waals surface area contributed by atoms with Crippen LogP contribution in [0.3, 0.4) is 0 Å². The van der Waals surface area contributed by atoms with Gasteiger partial charge in [0.15, 0.2) is 6.29 Å². The molecule has 0 rings (SSSR count). The monoisotopic (exact) mass is 216 g/mol. The predicted molar refractivity (Wildman–Crippen MR) is 57.2 cm³/mol. The Morgan fingerprint density at radius 2 is 2.07 bits per heavy atom. The molecule has 0 heterocycles. The first kappa shape index (κ1) is 14.1. The van der Waals surface area contributed by atoms with Crippen molar-refractivity contribution in [3.05, 3.63) is 12.7 Å². The van der Waals surface area contributed by atoms with Gasteiger partial charge in [0.25, 0.3) is 0 Å². The Balaban J connectivity index is 3.61. The third-order valence-electron chi connectivity index (χ3n) is 1.68. The summed E-state index contributed by atoms with van der Waals surface area (Å²) in [6.45, 7) is 9.44. The number of hydrogen-bond acceptors (Lipinski definition) is 4. The second-order valence-corrected chi connectivity index (χ2v) is 3.14. The van der Waals surface area contributed by atoms with Crippen LogP contribution >= 0.6 is 0 Å². The van der Waals surface area contributed by atoms with Crippen molar-refractivity contribution in [3.8, 4) is 0 Å². The lowest BCUT2D eigenvalue weighted by molar-refractivity contribution is -0.226. The number of carbonyl (C=O) groups is 1. The van der Waals surface area contributed by atoms with E-state index in [-0.39, 0.29) is 6.29 Å². The van der Waals surface area contributed by atoms with Gasteiger partial charge in [-0.25, -0.2) is 4.79 Å². The molecular formula is C11H20O4. The van der Waals surface area contributed by atoms with Crippen LogP contribution in [0.5, 0.6) is 0 Å². The number of ether oxygens (including phenoxy) is 3. The van der Waals surface area contributed by atoms with E-state index in [1.165, 1.54) is 0 Å². The first-order valence-electron chi connectivity index (χ1n) is 5.20. The zero-order chi connectivity index (χ0) is 11.7. The van der Waals surface area contributed by atoms with Crippen molar-refractivity contribution in [2.45, 2.75) is 46.2 Å². The summed E-state index contributed by atoms with van der Waals surface area (Å²) >= 11 is 0. The predicted octanol–water partition coefficient (Wildman–Crippen LogP) is 2.24. The van der Waals surface area contributed by atoms with Crippen LogP contribution in [0.2, 0.25) is 0 Å². The molecule has 2 unspecified atom stereocenters. The quantitative estimate of drug-likeness (QED) is 0.270. The molecule has 0 aromatic rings. The second-order valence-electron chi connectivity index (χ2n) is 3.14. The van der Waals surface area contributed by atoms with Gasteiger partial charge in [-0.3, -0.25) is 0 Å². The summed E-state index contributed by atoms with van der Waals surface area (Å²) in [6.07, 6.45) is 2.18. The maximum Gasteiger partial charge on any atom is 0.332 e. The molecule has 4 heteroatoms. The van der Waals surface area contributed by atoms with Crippen molar-refractivity contribution >= 4 is 5.97 Å². The van der Waals surface area contributed by atoms with Gasteiger partial charge in [0.2, 0.25) is 6.29 Å². The van der Waals surface area contributed by atoms with Crippen molar-refractivity contribution < 1.29 is 19.0 Å².